The van der Waals surface area contributed by atoms with Gasteiger partial charge in [-0.2, -0.15) is 0 Å². The zero-order valence-electron chi connectivity index (χ0n) is 11.5. The minimum Gasteiger partial charge on any atom is -0.447 e. The predicted molar refractivity (Wildman–Crippen MR) is 74.9 cm³/mol. The lowest BCUT2D eigenvalue weighted by Crippen LogP contribution is -1.98. The van der Waals surface area contributed by atoms with Crippen molar-refractivity contribution < 1.29 is 19.2 Å². The molecule has 0 aliphatic carbocycles. The number of halogens is 1. The second-order valence-electron chi connectivity index (χ2n) is 4.65. The number of aliphatic hydroxyl groups is 1. The fraction of sp³-hybridized carbons (Fsp3) is 0.200. The van der Waals surface area contributed by atoms with E-state index in [4.69, 9.17) is 4.74 Å². The Balaban J connectivity index is 2.44. The van der Waals surface area contributed by atoms with Crippen LogP contribution < -0.4 is 4.74 Å². The molecule has 110 valence electrons. The normalized spacial score (nSPS) is 12.0. The zero-order chi connectivity index (χ0) is 15.6. The smallest absolute Gasteiger partial charge is 0.311 e. The monoisotopic (exact) mass is 291 g/mol. The molecule has 0 fully saturated rings. The molecule has 6 heteroatoms. The summed E-state index contributed by atoms with van der Waals surface area (Å²) in [6, 6.07) is 8.64. The molecule has 0 saturated carbocycles. The Labute approximate surface area is 120 Å². The van der Waals surface area contributed by atoms with E-state index >= 15 is 0 Å². The lowest BCUT2D eigenvalue weighted by molar-refractivity contribution is -0.385. The van der Waals surface area contributed by atoms with E-state index in [1.165, 1.54) is 31.2 Å². The largest absolute Gasteiger partial charge is 0.447 e. The highest BCUT2D eigenvalue weighted by atomic mass is 19.1. The maximum atomic E-state index is 13.9. The SMILES string of the molecule is Cc1cccc(Oc2ccc([C@H](C)O)cc2[N+](=O)[O-])c1F. The van der Waals surface area contributed by atoms with Crippen molar-refractivity contribution in [2.45, 2.75) is 20.0 Å². The van der Waals surface area contributed by atoms with Crippen molar-refractivity contribution >= 4 is 5.69 Å². The summed E-state index contributed by atoms with van der Waals surface area (Å²) >= 11 is 0. The average molecular weight is 291 g/mol. The number of rotatable bonds is 4. The lowest BCUT2D eigenvalue weighted by atomic mass is 10.1. The van der Waals surface area contributed by atoms with E-state index in [9.17, 15) is 19.6 Å². The third kappa shape index (κ3) is 3.17. The molecule has 21 heavy (non-hydrogen) atoms. The van der Waals surface area contributed by atoms with Gasteiger partial charge in [0.2, 0.25) is 5.75 Å². The van der Waals surface area contributed by atoms with Crippen LogP contribution in [-0.2, 0) is 0 Å². The van der Waals surface area contributed by atoms with Crippen LogP contribution in [0.3, 0.4) is 0 Å². The highest BCUT2D eigenvalue weighted by Gasteiger charge is 2.19. The summed E-state index contributed by atoms with van der Waals surface area (Å²) in [6.07, 6.45) is -0.839. The van der Waals surface area contributed by atoms with Crippen molar-refractivity contribution in [1.29, 1.82) is 0 Å². The summed E-state index contributed by atoms with van der Waals surface area (Å²) in [5.41, 5.74) is 0.448. The van der Waals surface area contributed by atoms with Gasteiger partial charge in [0.25, 0.3) is 0 Å². The fourth-order valence-corrected chi connectivity index (χ4v) is 1.84. The summed E-state index contributed by atoms with van der Waals surface area (Å²) in [5, 5.41) is 20.6. The summed E-state index contributed by atoms with van der Waals surface area (Å²) in [6.45, 7) is 3.08. The Morgan fingerprint density at radius 3 is 2.62 bits per heavy atom. The minimum atomic E-state index is -0.839. The Morgan fingerprint density at radius 1 is 1.29 bits per heavy atom. The molecule has 2 rings (SSSR count). The van der Waals surface area contributed by atoms with Crippen LogP contribution in [0.1, 0.15) is 24.2 Å². The van der Waals surface area contributed by atoms with Crippen LogP contribution in [0.2, 0.25) is 0 Å². The third-order valence-corrected chi connectivity index (χ3v) is 3.04. The van der Waals surface area contributed by atoms with Gasteiger partial charge in [-0.05, 0) is 37.1 Å². The number of nitro groups is 1. The molecule has 0 aliphatic heterocycles. The number of nitrogens with zero attached hydrogens (tertiary/aromatic N) is 1. The third-order valence-electron chi connectivity index (χ3n) is 3.04. The molecule has 0 aliphatic rings. The van der Waals surface area contributed by atoms with Gasteiger partial charge < -0.3 is 9.84 Å². The Bertz CT molecular complexity index is 685. The number of hydrogen-bond acceptors (Lipinski definition) is 4. The van der Waals surface area contributed by atoms with Gasteiger partial charge in [0.1, 0.15) is 0 Å². The molecule has 1 atom stereocenters. The van der Waals surface area contributed by atoms with E-state index < -0.39 is 16.8 Å². The van der Waals surface area contributed by atoms with Crippen LogP contribution in [0.15, 0.2) is 36.4 Å². The van der Waals surface area contributed by atoms with Gasteiger partial charge in [0.05, 0.1) is 11.0 Å². The van der Waals surface area contributed by atoms with Gasteiger partial charge >= 0.3 is 5.69 Å². The van der Waals surface area contributed by atoms with Crippen molar-refractivity contribution in [3.63, 3.8) is 0 Å². The molecule has 2 aromatic rings. The van der Waals surface area contributed by atoms with Crippen LogP contribution in [0, 0.1) is 22.9 Å². The molecule has 0 unspecified atom stereocenters. The van der Waals surface area contributed by atoms with Crippen molar-refractivity contribution in [3.05, 3.63) is 63.5 Å². The molecule has 0 heterocycles. The molecule has 1 N–H and O–H groups in total. The van der Waals surface area contributed by atoms with E-state index in [0.717, 1.165) is 0 Å². The number of ether oxygens (including phenoxy) is 1. The first-order chi connectivity index (χ1) is 9.90. The van der Waals surface area contributed by atoms with Crippen molar-refractivity contribution in [2.24, 2.45) is 0 Å². The average Bonchev–Trinajstić information content (AvgIpc) is 2.43. The molecular weight excluding hydrogens is 277 g/mol. The van der Waals surface area contributed by atoms with Crippen molar-refractivity contribution in [2.75, 3.05) is 0 Å². The number of benzene rings is 2. The quantitative estimate of drug-likeness (QED) is 0.685. The van der Waals surface area contributed by atoms with Gasteiger partial charge in [0, 0.05) is 6.07 Å². The first kappa shape index (κ1) is 14.9. The summed E-state index contributed by atoms with van der Waals surface area (Å²) in [5.74, 6) is -0.719. The number of aryl methyl sites for hydroxylation is 1. The van der Waals surface area contributed by atoms with Crippen molar-refractivity contribution in [3.8, 4) is 11.5 Å². The van der Waals surface area contributed by atoms with Gasteiger partial charge in [-0.15, -0.1) is 0 Å². The number of hydrogen-bond donors (Lipinski definition) is 1. The fourth-order valence-electron chi connectivity index (χ4n) is 1.84. The molecule has 0 spiro atoms. The van der Waals surface area contributed by atoms with Crippen LogP contribution in [0.4, 0.5) is 10.1 Å². The van der Waals surface area contributed by atoms with Crippen molar-refractivity contribution in [1.82, 2.24) is 0 Å². The second kappa shape index (κ2) is 5.88. The van der Waals surface area contributed by atoms with Gasteiger partial charge in [-0.25, -0.2) is 4.39 Å². The Morgan fingerprint density at radius 2 is 2.00 bits per heavy atom. The maximum absolute atomic E-state index is 13.9. The zero-order valence-corrected chi connectivity index (χ0v) is 11.5. The summed E-state index contributed by atoms with van der Waals surface area (Å²) < 4.78 is 19.2. The predicted octanol–water partition coefficient (Wildman–Crippen LogP) is 3.89. The molecule has 0 amide bonds. The maximum Gasteiger partial charge on any atom is 0.311 e. The molecule has 0 radical (unpaired) electrons. The second-order valence-corrected chi connectivity index (χ2v) is 4.65. The molecule has 0 aromatic heterocycles. The van der Waals surface area contributed by atoms with E-state index in [2.05, 4.69) is 0 Å². The Hall–Kier alpha value is -2.47. The molecule has 2 aromatic carbocycles. The number of aliphatic hydroxyl groups excluding tert-OH is 1. The van der Waals surface area contributed by atoms with Crippen LogP contribution in [0.5, 0.6) is 11.5 Å². The standard InChI is InChI=1S/C15H14FNO4/c1-9-4-3-5-14(15(9)16)21-13-7-6-11(10(2)18)8-12(13)17(19)20/h3-8,10,18H,1-2H3/t10-/m0/s1. The van der Waals surface area contributed by atoms with E-state index in [1.54, 1.807) is 19.1 Å². The first-order valence-electron chi connectivity index (χ1n) is 6.29. The molecule has 0 saturated heterocycles. The lowest BCUT2D eigenvalue weighted by Gasteiger charge is -2.10. The highest BCUT2D eigenvalue weighted by Crippen LogP contribution is 2.35. The summed E-state index contributed by atoms with van der Waals surface area (Å²) in [7, 11) is 0. The molecule has 5 nitrogen and oxygen atoms in total. The van der Waals surface area contributed by atoms with Crippen LogP contribution in [-0.4, -0.2) is 10.0 Å². The van der Waals surface area contributed by atoms with Gasteiger partial charge in [-0.1, -0.05) is 18.2 Å². The molecule has 0 bridgehead atoms. The summed E-state index contributed by atoms with van der Waals surface area (Å²) in [4.78, 5) is 10.5. The Kier molecular flexibility index (Phi) is 4.18. The van der Waals surface area contributed by atoms with Crippen LogP contribution >= 0.6 is 0 Å². The minimum absolute atomic E-state index is 0.0751. The van der Waals surface area contributed by atoms with Gasteiger partial charge in [-0.3, -0.25) is 10.1 Å². The van der Waals surface area contributed by atoms with E-state index in [-0.39, 0.29) is 17.2 Å². The highest BCUT2D eigenvalue weighted by molar-refractivity contribution is 5.51. The first-order valence-corrected chi connectivity index (χ1v) is 6.29. The molecular formula is C15H14FNO4. The van der Waals surface area contributed by atoms with Crippen LogP contribution in [0.25, 0.3) is 0 Å². The van der Waals surface area contributed by atoms with Gasteiger partial charge in [0.15, 0.2) is 11.6 Å². The van der Waals surface area contributed by atoms with E-state index in [0.29, 0.717) is 11.1 Å². The van der Waals surface area contributed by atoms with E-state index in [1.807, 2.05) is 0 Å². The topological polar surface area (TPSA) is 72.6 Å². The number of nitro benzene ring substituents is 1.